The second kappa shape index (κ2) is 5.21. The molecule has 4 heteroatoms. The molecule has 0 spiro atoms. The van der Waals surface area contributed by atoms with Crippen molar-refractivity contribution in [2.75, 3.05) is 25.4 Å². The van der Waals surface area contributed by atoms with Gasteiger partial charge < -0.3 is 10.2 Å². The summed E-state index contributed by atoms with van der Waals surface area (Å²) < 4.78 is 0. The van der Waals surface area contributed by atoms with Crippen LogP contribution in [0, 0.1) is 0 Å². The van der Waals surface area contributed by atoms with Crippen molar-refractivity contribution < 1.29 is 4.79 Å². The summed E-state index contributed by atoms with van der Waals surface area (Å²) in [5.41, 5.74) is 0. The van der Waals surface area contributed by atoms with Gasteiger partial charge in [0.25, 0.3) is 0 Å². The van der Waals surface area contributed by atoms with Crippen molar-refractivity contribution >= 4 is 17.7 Å². The van der Waals surface area contributed by atoms with E-state index in [0.717, 1.165) is 31.8 Å². The van der Waals surface area contributed by atoms with Crippen molar-refractivity contribution in [2.24, 2.45) is 0 Å². The van der Waals surface area contributed by atoms with Gasteiger partial charge in [0, 0.05) is 25.7 Å². The molecule has 2 fully saturated rings. The molecule has 2 atom stereocenters. The fraction of sp³-hybridized carbons (Fsp3) is 0.909. The Kier molecular flexibility index (Phi) is 3.92. The first kappa shape index (κ1) is 11.3. The summed E-state index contributed by atoms with van der Waals surface area (Å²) in [6, 6.07) is 0.369. The zero-order valence-electron chi connectivity index (χ0n) is 9.37. The van der Waals surface area contributed by atoms with Crippen LogP contribution >= 0.6 is 11.8 Å². The largest absolute Gasteiger partial charge is 0.336 e. The van der Waals surface area contributed by atoms with Gasteiger partial charge >= 0.3 is 0 Å². The topological polar surface area (TPSA) is 32.3 Å². The maximum absolute atomic E-state index is 12.2. The molecule has 0 bridgehead atoms. The zero-order chi connectivity index (χ0) is 10.7. The number of carbonyl (C=O) groups is 1. The number of nitrogens with zero attached hydrogens (tertiary/aromatic N) is 1. The normalized spacial score (nSPS) is 32.7. The lowest BCUT2D eigenvalue weighted by Gasteiger charge is -2.37. The maximum Gasteiger partial charge on any atom is 0.236 e. The molecule has 1 N–H and O–H groups in total. The molecule has 2 saturated heterocycles. The highest BCUT2D eigenvalue weighted by molar-refractivity contribution is 8.00. The SMILES string of the molecule is CC1CNCCN1C(=O)C1CCCCS1. The van der Waals surface area contributed by atoms with Gasteiger partial charge in [0.2, 0.25) is 5.91 Å². The molecule has 1 amide bonds. The Labute approximate surface area is 96.0 Å². The molecule has 0 saturated carbocycles. The maximum atomic E-state index is 12.2. The third kappa shape index (κ3) is 2.67. The predicted octanol–water partition coefficient (Wildman–Crippen LogP) is 1.09. The predicted molar refractivity (Wildman–Crippen MR) is 64.1 cm³/mol. The highest BCUT2D eigenvalue weighted by Gasteiger charge is 2.30. The molecular weight excluding hydrogens is 208 g/mol. The quantitative estimate of drug-likeness (QED) is 0.729. The van der Waals surface area contributed by atoms with Crippen molar-refractivity contribution in [3.05, 3.63) is 0 Å². The van der Waals surface area contributed by atoms with E-state index >= 15 is 0 Å². The average molecular weight is 228 g/mol. The average Bonchev–Trinajstić information content (AvgIpc) is 2.30. The minimum Gasteiger partial charge on any atom is -0.336 e. The lowest BCUT2D eigenvalue weighted by Crippen LogP contribution is -2.54. The minimum absolute atomic E-state index is 0.249. The van der Waals surface area contributed by atoms with Gasteiger partial charge in [-0.2, -0.15) is 0 Å². The Hall–Kier alpha value is -0.220. The van der Waals surface area contributed by atoms with E-state index in [2.05, 4.69) is 17.1 Å². The van der Waals surface area contributed by atoms with Crippen LogP contribution in [0.3, 0.4) is 0 Å². The molecule has 2 unspecified atom stereocenters. The van der Waals surface area contributed by atoms with Gasteiger partial charge in [0.05, 0.1) is 5.25 Å². The first-order chi connectivity index (χ1) is 7.29. The molecule has 3 nitrogen and oxygen atoms in total. The van der Waals surface area contributed by atoms with Crippen LogP contribution in [0.2, 0.25) is 0 Å². The van der Waals surface area contributed by atoms with E-state index in [1.54, 1.807) is 0 Å². The number of thioether (sulfide) groups is 1. The van der Waals surface area contributed by atoms with E-state index in [9.17, 15) is 4.79 Å². The van der Waals surface area contributed by atoms with Crippen LogP contribution in [0.4, 0.5) is 0 Å². The Balaban J connectivity index is 1.92. The molecule has 86 valence electrons. The van der Waals surface area contributed by atoms with Crippen molar-refractivity contribution in [2.45, 2.75) is 37.5 Å². The number of nitrogens with one attached hydrogen (secondary N) is 1. The third-order valence-corrected chi connectivity index (χ3v) is 4.60. The lowest BCUT2D eigenvalue weighted by atomic mass is 10.1. The molecule has 2 heterocycles. The molecule has 0 radical (unpaired) electrons. The Morgan fingerprint density at radius 1 is 1.47 bits per heavy atom. The van der Waals surface area contributed by atoms with E-state index in [1.165, 1.54) is 12.8 Å². The standard InChI is InChI=1S/C11H20N2OS/c1-9-8-12-5-6-13(9)11(14)10-4-2-3-7-15-10/h9-10,12H,2-8H2,1H3. The second-order valence-electron chi connectivity index (χ2n) is 4.44. The van der Waals surface area contributed by atoms with Crippen LogP contribution in [0.1, 0.15) is 26.2 Å². The fourth-order valence-corrected chi connectivity index (χ4v) is 3.56. The molecule has 0 aromatic rings. The summed E-state index contributed by atoms with van der Waals surface area (Å²) >= 11 is 1.86. The van der Waals surface area contributed by atoms with Crippen molar-refractivity contribution in [1.82, 2.24) is 10.2 Å². The summed E-state index contributed by atoms with van der Waals surface area (Å²) in [5.74, 6) is 1.55. The van der Waals surface area contributed by atoms with Crippen LogP contribution < -0.4 is 5.32 Å². The van der Waals surface area contributed by atoms with Gasteiger partial charge in [-0.1, -0.05) is 6.42 Å². The van der Waals surface area contributed by atoms with Gasteiger partial charge in [-0.3, -0.25) is 4.79 Å². The summed E-state index contributed by atoms with van der Waals surface area (Å²) in [5, 5.41) is 3.57. The van der Waals surface area contributed by atoms with Crippen molar-refractivity contribution in [3.8, 4) is 0 Å². The summed E-state index contributed by atoms with van der Waals surface area (Å²) in [7, 11) is 0. The van der Waals surface area contributed by atoms with E-state index < -0.39 is 0 Å². The second-order valence-corrected chi connectivity index (χ2v) is 5.75. The number of amides is 1. The van der Waals surface area contributed by atoms with E-state index in [4.69, 9.17) is 0 Å². The van der Waals surface area contributed by atoms with E-state index in [0.29, 0.717) is 11.9 Å². The fourth-order valence-electron chi connectivity index (χ4n) is 2.29. The number of carbonyl (C=O) groups excluding carboxylic acids is 1. The Morgan fingerprint density at radius 2 is 2.33 bits per heavy atom. The van der Waals surface area contributed by atoms with Gasteiger partial charge in [0.15, 0.2) is 0 Å². The lowest BCUT2D eigenvalue weighted by molar-refractivity contribution is -0.133. The first-order valence-electron chi connectivity index (χ1n) is 5.92. The number of hydrogen-bond donors (Lipinski definition) is 1. The van der Waals surface area contributed by atoms with Crippen LogP contribution in [-0.4, -0.2) is 47.5 Å². The van der Waals surface area contributed by atoms with Crippen molar-refractivity contribution in [1.29, 1.82) is 0 Å². The summed E-state index contributed by atoms with van der Waals surface area (Å²) in [4.78, 5) is 14.3. The van der Waals surface area contributed by atoms with Crippen LogP contribution in [0.5, 0.6) is 0 Å². The van der Waals surface area contributed by atoms with Gasteiger partial charge in [0.1, 0.15) is 0 Å². The zero-order valence-corrected chi connectivity index (χ0v) is 10.2. The molecule has 0 aliphatic carbocycles. The van der Waals surface area contributed by atoms with Gasteiger partial charge in [-0.15, -0.1) is 11.8 Å². The van der Waals surface area contributed by atoms with Gasteiger partial charge in [-0.25, -0.2) is 0 Å². The number of hydrogen-bond acceptors (Lipinski definition) is 3. The van der Waals surface area contributed by atoms with Crippen LogP contribution in [0.15, 0.2) is 0 Å². The Bertz CT molecular complexity index is 229. The number of rotatable bonds is 1. The van der Waals surface area contributed by atoms with Crippen LogP contribution in [0.25, 0.3) is 0 Å². The highest BCUT2D eigenvalue weighted by atomic mass is 32.2. The third-order valence-electron chi connectivity index (χ3n) is 3.24. The van der Waals surface area contributed by atoms with Crippen LogP contribution in [-0.2, 0) is 4.79 Å². The molecular formula is C11H20N2OS. The van der Waals surface area contributed by atoms with E-state index in [-0.39, 0.29) is 5.25 Å². The Morgan fingerprint density at radius 3 is 3.00 bits per heavy atom. The monoisotopic (exact) mass is 228 g/mol. The smallest absolute Gasteiger partial charge is 0.236 e. The molecule has 2 rings (SSSR count). The molecule has 0 aromatic heterocycles. The van der Waals surface area contributed by atoms with E-state index in [1.807, 2.05) is 11.8 Å². The summed E-state index contributed by atoms with van der Waals surface area (Å²) in [6.07, 6.45) is 3.59. The molecule has 0 aromatic carbocycles. The van der Waals surface area contributed by atoms with Gasteiger partial charge in [-0.05, 0) is 25.5 Å². The molecule has 2 aliphatic rings. The summed E-state index contributed by atoms with van der Waals surface area (Å²) in [6.45, 7) is 4.92. The first-order valence-corrected chi connectivity index (χ1v) is 6.96. The minimum atomic E-state index is 0.249. The highest BCUT2D eigenvalue weighted by Crippen LogP contribution is 2.27. The van der Waals surface area contributed by atoms with Crippen molar-refractivity contribution in [3.63, 3.8) is 0 Å². The number of piperazine rings is 1. The molecule has 15 heavy (non-hydrogen) atoms. The molecule has 2 aliphatic heterocycles.